The zero-order chi connectivity index (χ0) is 14.0. The number of carbonyl (C=O) groups is 3. The van der Waals surface area contributed by atoms with Crippen LogP contribution in [0.5, 0.6) is 0 Å². The maximum absolute atomic E-state index is 12.3. The molecule has 2 rings (SSSR count). The number of carboxylic acid groups (broad SMARTS) is 1. The summed E-state index contributed by atoms with van der Waals surface area (Å²) in [6.45, 7) is 2.57. The Morgan fingerprint density at radius 2 is 2.26 bits per heavy atom. The van der Waals surface area contributed by atoms with E-state index in [2.05, 4.69) is 5.32 Å². The van der Waals surface area contributed by atoms with Crippen LogP contribution in [0.15, 0.2) is 12.1 Å². The lowest BCUT2D eigenvalue weighted by Crippen LogP contribution is -2.57. The number of piperazine rings is 1. The molecule has 0 aromatic carbocycles. The molecular formula is C12H14N2O4S. The van der Waals surface area contributed by atoms with Crippen LogP contribution in [-0.2, 0) is 9.59 Å². The maximum atomic E-state index is 12.3. The van der Waals surface area contributed by atoms with Crippen molar-refractivity contribution >= 4 is 29.1 Å². The molecule has 2 heterocycles. The number of amides is 2. The minimum atomic E-state index is -1.10. The van der Waals surface area contributed by atoms with Crippen molar-refractivity contribution in [2.75, 3.05) is 13.1 Å². The van der Waals surface area contributed by atoms with Crippen LogP contribution in [0, 0.1) is 6.92 Å². The SMILES string of the molecule is Cc1ccc(C(=O)N2CCNC(=O)C2CC(=O)O)s1. The third-order valence-corrected chi connectivity index (χ3v) is 3.90. The average molecular weight is 282 g/mol. The lowest BCUT2D eigenvalue weighted by molar-refractivity contribution is -0.142. The Morgan fingerprint density at radius 1 is 1.53 bits per heavy atom. The Hall–Kier alpha value is -1.89. The van der Waals surface area contributed by atoms with E-state index in [9.17, 15) is 14.4 Å². The highest BCUT2D eigenvalue weighted by Crippen LogP contribution is 2.20. The fourth-order valence-electron chi connectivity index (χ4n) is 2.02. The summed E-state index contributed by atoms with van der Waals surface area (Å²) in [5, 5.41) is 11.4. The van der Waals surface area contributed by atoms with E-state index in [0.29, 0.717) is 18.0 Å². The average Bonchev–Trinajstić information content (AvgIpc) is 2.77. The molecule has 0 radical (unpaired) electrons. The lowest BCUT2D eigenvalue weighted by Gasteiger charge is -2.33. The molecule has 102 valence electrons. The summed E-state index contributed by atoms with van der Waals surface area (Å²) in [7, 11) is 0. The molecule has 1 fully saturated rings. The molecule has 0 spiro atoms. The van der Waals surface area contributed by atoms with Crippen molar-refractivity contribution < 1.29 is 19.5 Å². The molecule has 1 unspecified atom stereocenters. The summed E-state index contributed by atoms with van der Waals surface area (Å²) in [5.74, 6) is -1.78. The van der Waals surface area contributed by atoms with Crippen molar-refractivity contribution in [2.24, 2.45) is 0 Å². The van der Waals surface area contributed by atoms with Gasteiger partial charge in [0, 0.05) is 18.0 Å². The highest BCUT2D eigenvalue weighted by Gasteiger charge is 2.35. The van der Waals surface area contributed by atoms with E-state index < -0.39 is 17.9 Å². The van der Waals surface area contributed by atoms with Gasteiger partial charge < -0.3 is 15.3 Å². The van der Waals surface area contributed by atoms with E-state index in [-0.39, 0.29) is 12.3 Å². The van der Waals surface area contributed by atoms with E-state index in [4.69, 9.17) is 5.11 Å². The zero-order valence-corrected chi connectivity index (χ0v) is 11.2. The first kappa shape index (κ1) is 13.5. The number of nitrogens with zero attached hydrogens (tertiary/aromatic N) is 1. The number of rotatable bonds is 3. The van der Waals surface area contributed by atoms with E-state index in [0.717, 1.165) is 4.88 Å². The number of hydrogen-bond acceptors (Lipinski definition) is 4. The van der Waals surface area contributed by atoms with Gasteiger partial charge in [0.25, 0.3) is 5.91 Å². The first-order valence-corrected chi connectivity index (χ1v) is 6.67. The fraction of sp³-hybridized carbons (Fsp3) is 0.417. The Kier molecular flexibility index (Phi) is 3.84. The van der Waals surface area contributed by atoms with Crippen molar-refractivity contribution in [3.8, 4) is 0 Å². The molecule has 2 amide bonds. The van der Waals surface area contributed by atoms with Gasteiger partial charge in [-0.3, -0.25) is 14.4 Å². The summed E-state index contributed by atoms with van der Waals surface area (Å²) < 4.78 is 0. The minimum Gasteiger partial charge on any atom is -0.481 e. The molecule has 19 heavy (non-hydrogen) atoms. The van der Waals surface area contributed by atoms with Crippen molar-refractivity contribution in [1.29, 1.82) is 0 Å². The molecule has 6 nitrogen and oxygen atoms in total. The van der Waals surface area contributed by atoms with Crippen LogP contribution in [0.1, 0.15) is 21.0 Å². The van der Waals surface area contributed by atoms with Gasteiger partial charge in [0.1, 0.15) is 6.04 Å². The first-order chi connectivity index (χ1) is 8.99. The van der Waals surface area contributed by atoms with Gasteiger partial charge in [-0.05, 0) is 19.1 Å². The van der Waals surface area contributed by atoms with E-state index in [1.54, 1.807) is 6.07 Å². The second-order valence-electron chi connectivity index (χ2n) is 4.31. The van der Waals surface area contributed by atoms with Crippen LogP contribution in [0.25, 0.3) is 0 Å². The number of carboxylic acids is 1. The second-order valence-corrected chi connectivity index (χ2v) is 5.60. The van der Waals surface area contributed by atoms with Gasteiger partial charge >= 0.3 is 5.97 Å². The number of aryl methyl sites for hydroxylation is 1. The Balaban J connectivity index is 2.22. The number of hydrogen-bond donors (Lipinski definition) is 2. The summed E-state index contributed by atoms with van der Waals surface area (Å²) in [4.78, 5) is 37.7. The molecular weight excluding hydrogens is 268 g/mol. The molecule has 1 atom stereocenters. The topological polar surface area (TPSA) is 86.7 Å². The molecule has 1 aliphatic heterocycles. The first-order valence-electron chi connectivity index (χ1n) is 5.86. The predicted molar refractivity (Wildman–Crippen MR) is 69.1 cm³/mol. The minimum absolute atomic E-state index is 0.279. The molecule has 1 aromatic rings. The monoisotopic (exact) mass is 282 g/mol. The number of nitrogens with one attached hydrogen (secondary N) is 1. The number of carbonyl (C=O) groups excluding carboxylic acids is 2. The molecule has 1 aromatic heterocycles. The third-order valence-electron chi connectivity index (χ3n) is 2.91. The predicted octanol–water partition coefficient (Wildman–Crippen LogP) is 0.472. The second kappa shape index (κ2) is 5.40. The van der Waals surface area contributed by atoms with Crippen LogP contribution in [0.3, 0.4) is 0 Å². The molecule has 0 saturated carbocycles. The molecule has 1 saturated heterocycles. The van der Waals surface area contributed by atoms with Gasteiger partial charge in [-0.2, -0.15) is 0 Å². The largest absolute Gasteiger partial charge is 0.481 e. The van der Waals surface area contributed by atoms with Gasteiger partial charge in [-0.25, -0.2) is 0 Å². The van der Waals surface area contributed by atoms with Crippen LogP contribution in [-0.4, -0.2) is 46.9 Å². The van der Waals surface area contributed by atoms with Gasteiger partial charge in [0.2, 0.25) is 5.91 Å². The summed E-state index contributed by atoms with van der Waals surface area (Å²) in [5.41, 5.74) is 0. The quantitative estimate of drug-likeness (QED) is 0.844. The van der Waals surface area contributed by atoms with Gasteiger partial charge in [0.05, 0.1) is 11.3 Å². The Morgan fingerprint density at radius 3 is 2.84 bits per heavy atom. The fourth-order valence-corrected chi connectivity index (χ4v) is 2.84. The zero-order valence-electron chi connectivity index (χ0n) is 10.4. The highest BCUT2D eigenvalue weighted by atomic mass is 32.1. The van der Waals surface area contributed by atoms with Gasteiger partial charge in [0.15, 0.2) is 0 Å². The van der Waals surface area contributed by atoms with Gasteiger partial charge in [-0.15, -0.1) is 11.3 Å². The maximum Gasteiger partial charge on any atom is 0.305 e. The standard InChI is InChI=1S/C12H14N2O4S/c1-7-2-3-9(19-7)12(18)14-5-4-13-11(17)8(14)6-10(15)16/h2-3,8H,4-6H2,1H3,(H,13,17)(H,15,16). The van der Waals surface area contributed by atoms with Crippen molar-refractivity contribution in [2.45, 2.75) is 19.4 Å². The van der Waals surface area contributed by atoms with Crippen LogP contribution in [0.2, 0.25) is 0 Å². The normalized spacial score (nSPS) is 19.1. The number of thiophene rings is 1. The van der Waals surface area contributed by atoms with Crippen LogP contribution < -0.4 is 5.32 Å². The molecule has 2 N–H and O–H groups in total. The van der Waals surface area contributed by atoms with Crippen molar-refractivity contribution in [3.05, 3.63) is 21.9 Å². The Bertz CT molecular complexity index is 526. The molecule has 7 heteroatoms. The summed E-state index contributed by atoms with van der Waals surface area (Å²) >= 11 is 1.34. The van der Waals surface area contributed by atoms with Gasteiger partial charge in [-0.1, -0.05) is 0 Å². The Labute approximate surface area is 114 Å². The van der Waals surface area contributed by atoms with E-state index >= 15 is 0 Å². The summed E-state index contributed by atoms with van der Waals surface area (Å²) in [6.07, 6.45) is -0.373. The molecule has 0 aliphatic carbocycles. The highest BCUT2D eigenvalue weighted by molar-refractivity contribution is 7.13. The lowest BCUT2D eigenvalue weighted by atomic mass is 10.1. The molecule has 1 aliphatic rings. The van der Waals surface area contributed by atoms with Crippen molar-refractivity contribution in [1.82, 2.24) is 10.2 Å². The van der Waals surface area contributed by atoms with Crippen molar-refractivity contribution in [3.63, 3.8) is 0 Å². The van der Waals surface area contributed by atoms with E-state index in [1.807, 2.05) is 13.0 Å². The molecule has 0 bridgehead atoms. The van der Waals surface area contributed by atoms with E-state index in [1.165, 1.54) is 16.2 Å². The van der Waals surface area contributed by atoms with Crippen LogP contribution >= 0.6 is 11.3 Å². The third kappa shape index (κ3) is 2.93. The summed E-state index contributed by atoms with van der Waals surface area (Å²) in [6, 6.07) is 2.60. The smallest absolute Gasteiger partial charge is 0.305 e. The van der Waals surface area contributed by atoms with Crippen LogP contribution in [0.4, 0.5) is 0 Å². The number of aliphatic carboxylic acids is 1.